The Morgan fingerprint density at radius 2 is 2.04 bits per heavy atom. The molecular weight excluding hydrogens is 370 g/mol. The van der Waals surface area contributed by atoms with Gasteiger partial charge in [0.2, 0.25) is 5.91 Å². The van der Waals surface area contributed by atoms with Crippen LogP contribution in [0.1, 0.15) is 4.88 Å². The lowest BCUT2D eigenvalue weighted by Crippen LogP contribution is -2.36. The van der Waals surface area contributed by atoms with E-state index in [9.17, 15) is 23.2 Å². The van der Waals surface area contributed by atoms with E-state index in [-0.39, 0.29) is 10.6 Å². The van der Waals surface area contributed by atoms with Crippen molar-refractivity contribution in [2.45, 2.75) is 0 Å². The first-order valence-corrected chi connectivity index (χ1v) is 8.67. The molecule has 0 spiro atoms. The molecule has 1 aromatic heterocycles. The third-order valence-electron chi connectivity index (χ3n) is 3.19. The summed E-state index contributed by atoms with van der Waals surface area (Å²) in [7, 11) is 0. The Kier molecular flexibility index (Phi) is 4.95. The van der Waals surface area contributed by atoms with Gasteiger partial charge in [0.05, 0.1) is 10.6 Å². The molecule has 3 rings (SSSR count). The van der Waals surface area contributed by atoms with Gasteiger partial charge in [0.25, 0.3) is 11.1 Å². The number of nitrogens with zero attached hydrogens (tertiary/aromatic N) is 1. The van der Waals surface area contributed by atoms with Gasteiger partial charge in [0, 0.05) is 10.9 Å². The maximum Gasteiger partial charge on any atom is 0.294 e. The number of nitrogens with one attached hydrogen (secondary N) is 1. The van der Waals surface area contributed by atoms with E-state index in [1.165, 1.54) is 11.3 Å². The summed E-state index contributed by atoms with van der Waals surface area (Å²) >= 11 is 2.13. The molecule has 1 aliphatic heterocycles. The molecule has 0 unspecified atom stereocenters. The van der Waals surface area contributed by atoms with E-state index in [0.717, 1.165) is 39.7 Å². The number of carbonyl (C=O) groups excluding carboxylic acids is 3. The van der Waals surface area contributed by atoms with Crippen molar-refractivity contribution in [1.82, 2.24) is 4.90 Å². The third-order valence-corrected chi connectivity index (χ3v) is 4.92. The quantitative estimate of drug-likeness (QED) is 0.822. The number of thiophene rings is 1. The van der Waals surface area contributed by atoms with Crippen LogP contribution in [0.15, 0.2) is 40.6 Å². The number of hydrogen-bond acceptors (Lipinski definition) is 5. The molecule has 0 atom stereocenters. The Bertz CT molecular complexity index is 882. The summed E-state index contributed by atoms with van der Waals surface area (Å²) in [5, 5.41) is 3.39. The summed E-state index contributed by atoms with van der Waals surface area (Å²) < 4.78 is 26.6. The Hall–Kier alpha value is -2.52. The number of imide groups is 1. The number of amides is 3. The zero-order chi connectivity index (χ0) is 18.0. The lowest BCUT2D eigenvalue weighted by atomic mass is 10.3. The number of anilines is 1. The molecule has 2 aromatic rings. The number of thioether (sulfide) groups is 1. The lowest BCUT2D eigenvalue weighted by molar-refractivity contribution is -0.127. The summed E-state index contributed by atoms with van der Waals surface area (Å²) in [6, 6.07) is 6.20. The van der Waals surface area contributed by atoms with Crippen molar-refractivity contribution in [2.75, 3.05) is 11.9 Å². The number of hydrogen-bond donors (Lipinski definition) is 1. The van der Waals surface area contributed by atoms with Crippen LogP contribution >= 0.6 is 23.1 Å². The molecule has 0 bridgehead atoms. The van der Waals surface area contributed by atoms with Crippen LogP contribution in [0.25, 0.3) is 6.08 Å². The van der Waals surface area contributed by atoms with Crippen LogP contribution < -0.4 is 5.32 Å². The summed E-state index contributed by atoms with van der Waals surface area (Å²) in [5.41, 5.74) is -0.355. The van der Waals surface area contributed by atoms with Crippen molar-refractivity contribution in [2.24, 2.45) is 0 Å². The highest BCUT2D eigenvalue weighted by Crippen LogP contribution is 2.32. The van der Waals surface area contributed by atoms with Crippen molar-refractivity contribution in [3.63, 3.8) is 0 Å². The molecule has 128 valence electrons. The topological polar surface area (TPSA) is 66.5 Å². The van der Waals surface area contributed by atoms with Gasteiger partial charge in [-0.1, -0.05) is 6.07 Å². The molecule has 2 heterocycles. The molecule has 0 aliphatic carbocycles. The SMILES string of the molecule is O=C(CN1C(=O)S/C(=C\c2cccs2)C1=O)Nc1cc(F)ccc1F. The molecule has 1 fully saturated rings. The number of carbonyl (C=O) groups is 3. The normalized spacial score (nSPS) is 15.9. The van der Waals surface area contributed by atoms with Gasteiger partial charge in [0.15, 0.2) is 0 Å². The molecule has 25 heavy (non-hydrogen) atoms. The van der Waals surface area contributed by atoms with Gasteiger partial charge in [-0.15, -0.1) is 11.3 Å². The zero-order valence-corrected chi connectivity index (χ0v) is 14.1. The second kappa shape index (κ2) is 7.16. The molecule has 1 N–H and O–H groups in total. The summed E-state index contributed by atoms with van der Waals surface area (Å²) in [4.78, 5) is 37.9. The Morgan fingerprint density at radius 1 is 1.24 bits per heavy atom. The molecule has 1 aliphatic rings. The van der Waals surface area contributed by atoms with E-state index in [1.54, 1.807) is 12.1 Å². The first kappa shape index (κ1) is 17.3. The van der Waals surface area contributed by atoms with E-state index in [4.69, 9.17) is 0 Å². The number of benzene rings is 1. The fourth-order valence-electron chi connectivity index (χ4n) is 2.07. The van der Waals surface area contributed by atoms with Crippen molar-refractivity contribution in [3.8, 4) is 0 Å². The second-order valence-corrected chi connectivity index (χ2v) is 6.93. The highest BCUT2D eigenvalue weighted by Gasteiger charge is 2.36. The van der Waals surface area contributed by atoms with E-state index in [2.05, 4.69) is 5.32 Å². The molecule has 1 saturated heterocycles. The zero-order valence-electron chi connectivity index (χ0n) is 12.5. The number of halogens is 2. The van der Waals surface area contributed by atoms with Crippen molar-refractivity contribution in [3.05, 3.63) is 57.1 Å². The first-order valence-electron chi connectivity index (χ1n) is 6.98. The van der Waals surface area contributed by atoms with Crippen molar-refractivity contribution < 1.29 is 23.2 Å². The van der Waals surface area contributed by atoms with E-state index < -0.39 is 35.2 Å². The smallest absolute Gasteiger partial charge is 0.294 e. The summed E-state index contributed by atoms with van der Waals surface area (Å²) in [6.07, 6.45) is 1.57. The first-order chi connectivity index (χ1) is 11.9. The van der Waals surface area contributed by atoms with Gasteiger partial charge < -0.3 is 5.32 Å². The predicted octanol–water partition coefficient (Wildman–Crippen LogP) is 3.70. The fraction of sp³-hybridized carbons (Fsp3) is 0.0625. The average Bonchev–Trinajstić information content (AvgIpc) is 3.15. The summed E-state index contributed by atoms with van der Waals surface area (Å²) in [6.45, 7) is -0.581. The Morgan fingerprint density at radius 3 is 2.76 bits per heavy atom. The van der Waals surface area contributed by atoms with Crippen LogP contribution in [0, 0.1) is 11.6 Å². The lowest BCUT2D eigenvalue weighted by Gasteiger charge is -2.12. The van der Waals surface area contributed by atoms with Gasteiger partial charge in [0.1, 0.15) is 18.2 Å². The van der Waals surface area contributed by atoms with Gasteiger partial charge in [-0.2, -0.15) is 0 Å². The molecule has 9 heteroatoms. The van der Waals surface area contributed by atoms with Crippen LogP contribution in [0.4, 0.5) is 19.3 Å². The summed E-state index contributed by atoms with van der Waals surface area (Å²) in [5.74, 6) is -2.94. The maximum absolute atomic E-state index is 13.5. The van der Waals surface area contributed by atoms with Gasteiger partial charge >= 0.3 is 0 Å². The van der Waals surface area contributed by atoms with Gasteiger partial charge in [-0.3, -0.25) is 19.3 Å². The van der Waals surface area contributed by atoms with E-state index >= 15 is 0 Å². The van der Waals surface area contributed by atoms with Crippen LogP contribution in [-0.2, 0) is 9.59 Å². The third kappa shape index (κ3) is 3.94. The monoisotopic (exact) mass is 380 g/mol. The Labute approximate surface area is 149 Å². The largest absolute Gasteiger partial charge is 0.322 e. The molecule has 0 saturated carbocycles. The van der Waals surface area contributed by atoms with Crippen LogP contribution in [0.3, 0.4) is 0 Å². The molecule has 5 nitrogen and oxygen atoms in total. The minimum atomic E-state index is -0.818. The molecular formula is C16H10F2N2O3S2. The fourth-order valence-corrected chi connectivity index (χ4v) is 3.63. The highest BCUT2D eigenvalue weighted by molar-refractivity contribution is 8.18. The van der Waals surface area contributed by atoms with Gasteiger partial charge in [-0.05, 0) is 41.4 Å². The van der Waals surface area contributed by atoms with Crippen molar-refractivity contribution >= 4 is 51.9 Å². The van der Waals surface area contributed by atoms with E-state index in [1.807, 2.05) is 11.4 Å². The van der Waals surface area contributed by atoms with Crippen LogP contribution in [0.2, 0.25) is 0 Å². The minimum absolute atomic E-state index is 0.206. The van der Waals surface area contributed by atoms with Gasteiger partial charge in [-0.25, -0.2) is 8.78 Å². The standard InChI is InChI=1S/C16H10F2N2O3S2/c17-9-3-4-11(18)12(6-9)19-14(21)8-20-15(22)13(25-16(20)23)7-10-2-1-5-24-10/h1-7H,8H2,(H,19,21)/b13-7-. The molecule has 3 amide bonds. The molecule has 0 radical (unpaired) electrons. The predicted molar refractivity (Wildman–Crippen MR) is 92.0 cm³/mol. The molecule has 1 aromatic carbocycles. The maximum atomic E-state index is 13.5. The van der Waals surface area contributed by atoms with Crippen LogP contribution in [-0.4, -0.2) is 28.5 Å². The van der Waals surface area contributed by atoms with E-state index in [0.29, 0.717) is 0 Å². The second-order valence-electron chi connectivity index (χ2n) is 4.96. The highest BCUT2D eigenvalue weighted by atomic mass is 32.2. The van der Waals surface area contributed by atoms with Crippen LogP contribution in [0.5, 0.6) is 0 Å². The average molecular weight is 380 g/mol. The Balaban J connectivity index is 1.70. The minimum Gasteiger partial charge on any atom is -0.322 e. The number of rotatable bonds is 4. The van der Waals surface area contributed by atoms with Crippen molar-refractivity contribution in [1.29, 1.82) is 0 Å².